The maximum Gasteiger partial charge on any atom is 0.433 e. The van der Waals surface area contributed by atoms with Gasteiger partial charge in [0.05, 0.1) is 17.3 Å². The Morgan fingerprint density at radius 3 is 2.59 bits per heavy atom. The van der Waals surface area contributed by atoms with Crippen molar-refractivity contribution in [2.24, 2.45) is 0 Å². The lowest BCUT2D eigenvalue weighted by molar-refractivity contribution is -0.140. The number of anilines is 1. The molecule has 5 rings (SSSR count). The van der Waals surface area contributed by atoms with Crippen LogP contribution >= 0.6 is 0 Å². The molecule has 10 heteroatoms. The first-order valence-electron chi connectivity index (χ1n) is 10.1. The van der Waals surface area contributed by atoms with Crippen molar-refractivity contribution in [2.45, 2.75) is 6.18 Å². The van der Waals surface area contributed by atoms with Crippen LogP contribution in [0.15, 0.2) is 85.6 Å². The van der Waals surface area contributed by atoms with Crippen molar-refractivity contribution >= 4 is 22.5 Å². The minimum Gasteiger partial charge on any atom is -0.321 e. The number of fused-ring (bicyclic) bond motifs is 1. The lowest BCUT2D eigenvalue weighted by atomic mass is 10.1. The Bertz CT molecular complexity index is 1500. The van der Waals surface area contributed by atoms with Crippen LogP contribution in [0, 0.1) is 0 Å². The topological polar surface area (TPSA) is 85.6 Å². The van der Waals surface area contributed by atoms with E-state index in [4.69, 9.17) is 0 Å². The Morgan fingerprint density at radius 2 is 1.79 bits per heavy atom. The Labute approximate surface area is 190 Å². The summed E-state index contributed by atoms with van der Waals surface area (Å²) in [5.41, 5.74) is 1.55. The van der Waals surface area contributed by atoms with E-state index in [1.54, 1.807) is 42.9 Å². The molecule has 0 aliphatic heterocycles. The van der Waals surface area contributed by atoms with E-state index < -0.39 is 11.9 Å². The number of nitrogens with one attached hydrogen (secondary N) is 1. The van der Waals surface area contributed by atoms with Gasteiger partial charge in [0.25, 0.3) is 5.91 Å². The molecular weight excluding hydrogens is 445 g/mol. The van der Waals surface area contributed by atoms with Crippen molar-refractivity contribution in [2.75, 3.05) is 5.32 Å². The first-order valence-corrected chi connectivity index (χ1v) is 10.1. The van der Waals surface area contributed by atoms with E-state index in [2.05, 4.69) is 25.4 Å². The molecule has 0 saturated heterocycles. The molecule has 0 radical (unpaired) electrons. The molecule has 1 aromatic carbocycles. The van der Waals surface area contributed by atoms with Gasteiger partial charge in [0, 0.05) is 47.0 Å². The molecule has 168 valence electrons. The van der Waals surface area contributed by atoms with Crippen LogP contribution in [0.4, 0.5) is 18.9 Å². The summed E-state index contributed by atoms with van der Waals surface area (Å²) in [5.74, 6) is 0.0251. The second-order valence-electron chi connectivity index (χ2n) is 7.31. The number of pyridine rings is 3. The third-order valence-corrected chi connectivity index (χ3v) is 5.09. The molecule has 0 aliphatic rings. The Balaban J connectivity index is 1.50. The number of aromatic nitrogens is 5. The number of nitrogens with zero attached hydrogens (tertiary/aromatic N) is 5. The van der Waals surface area contributed by atoms with Gasteiger partial charge >= 0.3 is 6.18 Å². The van der Waals surface area contributed by atoms with Crippen LogP contribution < -0.4 is 5.32 Å². The summed E-state index contributed by atoms with van der Waals surface area (Å²) in [6, 6.07) is 14.2. The third kappa shape index (κ3) is 4.08. The van der Waals surface area contributed by atoms with Gasteiger partial charge in [0.1, 0.15) is 5.69 Å². The highest BCUT2D eigenvalue weighted by molar-refractivity contribution is 6.06. The average molecular weight is 460 g/mol. The Kier molecular flexibility index (Phi) is 5.25. The molecule has 0 saturated carbocycles. The lowest BCUT2D eigenvalue weighted by Gasteiger charge is -2.10. The van der Waals surface area contributed by atoms with Crippen LogP contribution in [0.5, 0.6) is 0 Å². The third-order valence-electron chi connectivity index (χ3n) is 5.09. The zero-order valence-corrected chi connectivity index (χ0v) is 17.4. The largest absolute Gasteiger partial charge is 0.433 e. The van der Waals surface area contributed by atoms with Crippen LogP contribution in [-0.4, -0.2) is 30.6 Å². The number of para-hydroxylation sites is 1. The highest BCUT2D eigenvalue weighted by Crippen LogP contribution is 2.31. The molecular formula is C24H15F3N6O. The van der Waals surface area contributed by atoms with Crippen molar-refractivity contribution < 1.29 is 18.0 Å². The molecule has 1 amide bonds. The van der Waals surface area contributed by atoms with Gasteiger partial charge in [-0.1, -0.05) is 18.2 Å². The van der Waals surface area contributed by atoms with Gasteiger partial charge in [-0.25, -0.2) is 14.6 Å². The van der Waals surface area contributed by atoms with Crippen molar-refractivity contribution in [1.82, 2.24) is 24.7 Å². The molecule has 0 atom stereocenters. The number of halogens is 3. The van der Waals surface area contributed by atoms with Crippen LogP contribution in [-0.2, 0) is 6.18 Å². The van der Waals surface area contributed by atoms with Gasteiger partial charge in [-0.15, -0.1) is 0 Å². The van der Waals surface area contributed by atoms with E-state index in [0.717, 1.165) is 6.07 Å². The van der Waals surface area contributed by atoms with E-state index in [1.807, 2.05) is 12.1 Å². The molecule has 0 spiro atoms. The maximum absolute atomic E-state index is 13.0. The van der Waals surface area contributed by atoms with E-state index in [9.17, 15) is 18.0 Å². The van der Waals surface area contributed by atoms with Crippen LogP contribution in [0.25, 0.3) is 27.8 Å². The zero-order valence-electron chi connectivity index (χ0n) is 17.4. The summed E-state index contributed by atoms with van der Waals surface area (Å²) in [6.07, 6.45) is 3.18. The monoisotopic (exact) mass is 460 g/mol. The van der Waals surface area contributed by atoms with E-state index in [1.165, 1.54) is 29.2 Å². The maximum atomic E-state index is 13.0. The summed E-state index contributed by atoms with van der Waals surface area (Å²) >= 11 is 0. The molecule has 5 aromatic rings. The fourth-order valence-corrected chi connectivity index (χ4v) is 3.49. The van der Waals surface area contributed by atoms with Crippen molar-refractivity contribution in [3.8, 4) is 16.9 Å². The van der Waals surface area contributed by atoms with E-state index in [0.29, 0.717) is 33.6 Å². The van der Waals surface area contributed by atoms with Crippen LogP contribution in [0.1, 0.15) is 16.1 Å². The summed E-state index contributed by atoms with van der Waals surface area (Å²) in [6.45, 7) is 0. The highest BCUT2D eigenvalue weighted by atomic mass is 19.4. The number of amides is 1. The SMILES string of the molecule is O=C(Nc1ccccc1-c1cnn(-c2nccc3nc(C(F)(F)F)ccc23)c1)c1cccnc1. The van der Waals surface area contributed by atoms with Crippen molar-refractivity contribution in [3.05, 3.63) is 96.8 Å². The Morgan fingerprint density at radius 1 is 0.941 bits per heavy atom. The van der Waals surface area contributed by atoms with Gasteiger partial charge in [-0.2, -0.15) is 18.3 Å². The standard InChI is InChI=1S/C24H15F3N6O/c25-24(26,27)21-8-7-18-20(31-21)9-11-29-22(18)33-14-16(13-30-33)17-5-1-2-6-19(17)32-23(34)15-4-3-10-28-12-15/h1-14H,(H,32,34). The molecule has 0 unspecified atom stereocenters. The lowest BCUT2D eigenvalue weighted by Crippen LogP contribution is -2.12. The smallest absolute Gasteiger partial charge is 0.321 e. The number of benzene rings is 1. The summed E-state index contributed by atoms with van der Waals surface area (Å²) in [7, 11) is 0. The quantitative estimate of drug-likeness (QED) is 0.401. The van der Waals surface area contributed by atoms with Gasteiger partial charge < -0.3 is 5.32 Å². The fraction of sp³-hybridized carbons (Fsp3) is 0.0417. The average Bonchev–Trinajstić information content (AvgIpc) is 3.33. The predicted octanol–water partition coefficient (Wildman–Crippen LogP) is 5.15. The number of alkyl halides is 3. The van der Waals surface area contributed by atoms with Gasteiger partial charge in [0.15, 0.2) is 5.82 Å². The molecule has 7 nitrogen and oxygen atoms in total. The van der Waals surface area contributed by atoms with Gasteiger partial charge in [0.2, 0.25) is 0 Å². The van der Waals surface area contributed by atoms with Crippen molar-refractivity contribution in [3.63, 3.8) is 0 Å². The van der Waals surface area contributed by atoms with Crippen LogP contribution in [0.2, 0.25) is 0 Å². The van der Waals surface area contributed by atoms with Crippen LogP contribution in [0.3, 0.4) is 0 Å². The summed E-state index contributed by atoms with van der Waals surface area (Å²) in [4.78, 5) is 24.6. The van der Waals surface area contributed by atoms with Crippen molar-refractivity contribution in [1.29, 1.82) is 0 Å². The first-order chi connectivity index (χ1) is 16.4. The summed E-state index contributed by atoms with van der Waals surface area (Å²) in [5, 5.41) is 7.64. The zero-order chi connectivity index (χ0) is 23.7. The molecule has 0 aliphatic carbocycles. The number of hydrogen-bond acceptors (Lipinski definition) is 5. The number of rotatable bonds is 4. The van der Waals surface area contributed by atoms with E-state index >= 15 is 0 Å². The molecule has 0 bridgehead atoms. The molecule has 0 fully saturated rings. The molecule has 4 aromatic heterocycles. The predicted molar refractivity (Wildman–Crippen MR) is 119 cm³/mol. The number of carbonyl (C=O) groups is 1. The van der Waals surface area contributed by atoms with Gasteiger partial charge in [-0.3, -0.25) is 9.78 Å². The molecule has 4 heterocycles. The fourth-order valence-electron chi connectivity index (χ4n) is 3.49. The Hall–Kier alpha value is -4.60. The molecule has 34 heavy (non-hydrogen) atoms. The van der Waals surface area contributed by atoms with E-state index in [-0.39, 0.29) is 11.4 Å². The minimum absolute atomic E-state index is 0.154. The highest BCUT2D eigenvalue weighted by Gasteiger charge is 2.32. The van der Waals surface area contributed by atoms with Gasteiger partial charge in [-0.05, 0) is 36.4 Å². The number of carbonyl (C=O) groups excluding carboxylic acids is 1. The minimum atomic E-state index is -4.54. The normalized spacial score (nSPS) is 11.5. The number of hydrogen-bond donors (Lipinski definition) is 1. The second kappa shape index (κ2) is 8.39. The second-order valence-corrected chi connectivity index (χ2v) is 7.31. The first kappa shape index (κ1) is 21.3. The summed E-state index contributed by atoms with van der Waals surface area (Å²) < 4.78 is 40.6. The molecule has 1 N–H and O–H groups in total.